The molecule has 0 bridgehead atoms. The Bertz CT molecular complexity index is 794. The van der Waals surface area contributed by atoms with Crippen molar-refractivity contribution in [3.8, 4) is 23.1 Å². The lowest BCUT2D eigenvalue weighted by Gasteiger charge is -2.05. The van der Waals surface area contributed by atoms with Crippen LogP contribution in [0.2, 0.25) is 0 Å². The maximum Gasteiger partial charge on any atom is 0.234 e. The Morgan fingerprint density at radius 1 is 1.11 bits per heavy atom. The summed E-state index contributed by atoms with van der Waals surface area (Å²) in [5, 5.41) is 19.4. The second-order valence-corrected chi connectivity index (χ2v) is 3.94. The average Bonchev–Trinajstić information content (AvgIpc) is 2.47. The monoisotopic (exact) mass is 248 g/mol. The zero-order valence-electron chi connectivity index (χ0n) is 9.78. The van der Waals surface area contributed by atoms with Gasteiger partial charge in [0.1, 0.15) is 6.07 Å². The summed E-state index contributed by atoms with van der Waals surface area (Å²) in [6.07, 6.45) is 1.53. The first-order chi connectivity index (χ1) is 9.28. The molecule has 0 unspecified atom stereocenters. The lowest BCUT2D eigenvalue weighted by molar-refractivity contribution is 0.457. The van der Waals surface area contributed by atoms with Crippen LogP contribution < -0.4 is 0 Å². The van der Waals surface area contributed by atoms with Crippen molar-refractivity contribution in [1.82, 2.24) is 15.0 Å². The van der Waals surface area contributed by atoms with Crippen LogP contribution in [0.15, 0.2) is 42.6 Å². The summed E-state index contributed by atoms with van der Waals surface area (Å²) >= 11 is 0. The maximum absolute atomic E-state index is 9.97. The molecule has 0 aliphatic rings. The number of hydrogen-bond acceptors (Lipinski definition) is 5. The molecule has 0 radical (unpaired) electrons. The van der Waals surface area contributed by atoms with Crippen molar-refractivity contribution in [3.05, 3.63) is 48.4 Å². The van der Waals surface area contributed by atoms with E-state index in [0.717, 1.165) is 5.56 Å². The topological polar surface area (TPSA) is 82.7 Å². The van der Waals surface area contributed by atoms with Gasteiger partial charge in [0.2, 0.25) is 11.7 Å². The minimum absolute atomic E-state index is 0.0341. The minimum atomic E-state index is -0.110. The van der Waals surface area contributed by atoms with Gasteiger partial charge < -0.3 is 5.11 Å². The maximum atomic E-state index is 9.97. The Balaban J connectivity index is 2.24. The smallest absolute Gasteiger partial charge is 0.234 e. The molecule has 19 heavy (non-hydrogen) atoms. The third-order valence-electron chi connectivity index (χ3n) is 2.73. The molecule has 0 aliphatic heterocycles. The summed E-state index contributed by atoms with van der Waals surface area (Å²) in [4.78, 5) is 11.9. The molecular weight excluding hydrogens is 240 g/mol. The van der Waals surface area contributed by atoms with Gasteiger partial charge in [0.25, 0.3) is 0 Å². The lowest BCUT2D eigenvalue weighted by atomic mass is 10.1. The zero-order chi connectivity index (χ0) is 13.2. The highest BCUT2D eigenvalue weighted by Gasteiger charge is 2.09. The summed E-state index contributed by atoms with van der Waals surface area (Å²) in [5.74, 6) is -0.0758. The Morgan fingerprint density at radius 2 is 1.89 bits per heavy atom. The third-order valence-corrected chi connectivity index (χ3v) is 2.73. The van der Waals surface area contributed by atoms with E-state index in [1.807, 2.05) is 36.4 Å². The fourth-order valence-corrected chi connectivity index (χ4v) is 1.84. The van der Waals surface area contributed by atoms with Crippen LogP contribution in [-0.4, -0.2) is 20.1 Å². The van der Waals surface area contributed by atoms with Crippen molar-refractivity contribution < 1.29 is 5.11 Å². The first-order valence-electron chi connectivity index (χ1n) is 5.60. The van der Waals surface area contributed by atoms with Crippen molar-refractivity contribution in [2.24, 2.45) is 0 Å². The predicted octanol–water partition coefficient (Wildman–Crippen LogP) is 2.27. The van der Waals surface area contributed by atoms with Gasteiger partial charge >= 0.3 is 0 Å². The van der Waals surface area contributed by atoms with Crippen LogP contribution in [0.5, 0.6) is 5.88 Å². The lowest BCUT2D eigenvalue weighted by Crippen LogP contribution is -1.93. The summed E-state index contributed by atoms with van der Waals surface area (Å²) in [7, 11) is 0. The number of nitriles is 1. The van der Waals surface area contributed by atoms with Gasteiger partial charge in [-0.05, 0) is 11.6 Å². The zero-order valence-corrected chi connectivity index (χ0v) is 9.78. The van der Waals surface area contributed by atoms with E-state index in [-0.39, 0.29) is 11.7 Å². The van der Waals surface area contributed by atoms with Gasteiger partial charge in [0.05, 0.1) is 0 Å². The van der Waals surface area contributed by atoms with E-state index < -0.39 is 0 Å². The van der Waals surface area contributed by atoms with Crippen LogP contribution in [-0.2, 0) is 0 Å². The van der Waals surface area contributed by atoms with Gasteiger partial charge in [-0.25, -0.2) is 4.98 Å². The standard InChI is InChI=1S/C14H8N4O/c15-7-12-16-8-10-6-11(9-4-2-1-3-5-9)14(19)18-13(10)17-12/h1-6,8H,(H,16,17,18,19). The Labute approximate surface area is 108 Å². The second-order valence-electron chi connectivity index (χ2n) is 3.94. The number of hydrogen-bond donors (Lipinski definition) is 1. The van der Waals surface area contributed by atoms with Crippen LogP contribution in [0.1, 0.15) is 5.82 Å². The first kappa shape index (κ1) is 11.1. The van der Waals surface area contributed by atoms with Gasteiger partial charge in [0, 0.05) is 17.1 Å². The van der Waals surface area contributed by atoms with Crippen molar-refractivity contribution in [1.29, 1.82) is 5.26 Å². The number of fused-ring (bicyclic) bond motifs is 1. The molecule has 0 amide bonds. The average molecular weight is 248 g/mol. The molecule has 2 heterocycles. The molecule has 0 fully saturated rings. The molecule has 0 saturated heterocycles. The Kier molecular flexibility index (Phi) is 2.54. The quantitative estimate of drug-likeness (QED) is 0.714. The second kappa shape index (κ2) is 4.35. The van der Waals surface area contributed by atoms with Gasteiger partial charge in [-0.15, -0.1) is 0 Å². The Hall–Kier alpha value is -3.00. The van der Waals surface area contributed by atoms with Crippen LogP contribution in [0.4, 0.5) is 0 Å². The van der Waals surface area contributed by atoms with Crippen molar-refractivity contribution >= 4 is 11.0 Å². The molecule has 0 saturated carbocycles. The normalized spacial score (nSPS) is 10.3. The van der Waals surface area contributed by atoms with Crippen molar-refractivity contribution in [3.63, 3.8) is 0 Å². The van der Waals surface area contributed by atoms with E-state index in [1.165, 1.54) is 6.20 Å². The summed E-state index contributed by atoms with van der Waals surface area (Å²) in [6, 6.07) is 13.0. The SMILES string of the molecule is N#Cc1ncc2cc(-c3ccccc3)c(O)nc2n1. The molecule has 0 aliphatic carbocycles. The van der Waals surface area contributed by atoms with E-state index in [9.17, 15) is 5.11 Å². The summed E-state index contributed by atoms with van der Waals surface area (Å²) in [5.41, 5.74) is 1.78. The van der Waals surface area contributed by atoms with Crippen LogP contribution in [0.3, 0.4) is 0 Å². The molecule has 90 valence electrons. The van der Waals surface area contributed by atoms with E-state index in [0.29, 0.717) is 16.6 Å². The van der Waals surface area contributed by atoms with E-state index in [4.69, 9.17) is 5.26 Å². The molecule has 1 aromatic carbocycles. The molecule has 3 aromatic rings. The summed E-state index contributed by atoms with van der Waals surface area (Å²) in [6.45, 7) is 0. The predicted molar refractivity (Wildman–Crippen MR) is 69.1 cm³/mol. The molecule has 0 atom stereocenters. The van der Waals surface area contributed by atoms with Crippen molar-refractivity contribution in [2.45, 2.75) is 0 Å². The van der Waals surface area contributed by atoms with E-state index >= 15 is 0 Å². The highest BCUT2D eigenvalue weighted by molar-refractivity contribution is 5.83. The molecule has 1 N–H and O–H groups in total. The Morgan fingerprint density at radius 3 is 2.63 bits per heavy atom. The molecular formula is C14H8N4O. The number of rotatable bonds is 1. The number of aromatic nitrogens is 3. The van der Waals surface area contributed by atoms with Gasteiger partial charge in [0.15, 0.2) is 5.65 Å². The highest BCUT2D eigenvalue weighted by Crippen LogP contribution is 2.29. The van der Waals surface area contributed by atoms with Crippen molar-refractivity contribution in [2.75, 3.05) is 0 Å². The molecule has 5 nitrogen and oxygen atoms in total. The largest absolute Gasteiger partial charge is 0.493 e. The molecule has 3 rings (SSSR count). The van der Waals surface area contributed by atoms with Crippen LogP contribution >= 0.6 is 0 Å². The summed E-state index contributed by atoms with van der Waals surface area (Å²) < 4.78 is 0. The fourth-order valence-electron chi connectivity index (χ4n) is 1.84. The fraction of sp³-hybridized carbons (Fsp3) is 0. The number of nitrogens with zero attached hydrogens (tertiary/aromatic N) is 4. The van der Waals surface area contributed by atoms with E-state index in [2.05, 4.69) is 15.0 Å². The molecule has 0 spiro atoms. The number of benzene rings is 1. The van der Waals surface area contributed by atoms with Gasteiger partial charge in [-0.3, -0.25) is 0 Å². The number of pyridine rings is 1. The van der Waals surface area contributed by atoms with Crippen LogP contribution in [0, 0.1) is 11.3 Å². The number of aromatic hydroxyl groups is 1. The van der Waals surface area contributed by atoms with E-state index in [1.54, 1.807) is 6.07 Å². The van der Waals surface area contributed by atoms with Crippen LogP contribution in [0.25, 0.3) is 22.2 Å². The highest BCUT2D eigenvalue weighted by atomic mass is 16.3. The van der Waals surface area contributed by atoms with Gasteiger partial charge in [-0.2, -0.15) is 15.2 Å². The van der Waals surface area contributed by atoms with Gasteiger partial charge in [-0.1, -0.05) is 30.3 Å². The third kappa shape index (κ3) is 1.96. The first-order valence-corrected chi connectivity index (χ1v) is 5.60. The minimum Gasteiger partial charge on any atom is -0.493 e. The molecule has 5 heteroatoms. The molecule has 2 aromatic heterocycles.